The lowest BCUT2D eigenvalue weighted by Crippen LogP contribution is -2.07. The Hall–Kier alpha value is -1.12. The summed E-state index contributed by atoms with van der Waals surface area (Å²) < 4.78 is 18.1. The molecule has 1 aromatic heterocycles. The van der Waals surface area contributed by atoms with Crippen LogP contribution >= 0.6 is 0 Å². The average Bonchev–Trinajstić information content (AvgIpc) is 1.94. The molecule has 0 unspecified atom stereocenters. The monoisotopic (exact) mass is 169 g/mol. The van der Waals surface area contributed by atoms with Gasteiger partial charge in [-0.3, -0.25) is 0 Å². The highest BCUT2D eigenvalue weighted by Gasteiger charge is 2.05. The molecule has 66 valence electrons. The van der Waals surface area contributed by atoms with E-state index < -0.39 is 5.95 Å². The Morgan fingerprint density at radius 1 is 1.42 bits per heavy atom. The molecule has 0 saturated carbocycles. The van der Waals surface area contributed by atoms with Gasteiger partial charge in [-0.25, -0.2) is 4.98 Å². The second-order valence-electron chi connectivity index (χ2n) is 2.91. The van der Waals surface area contributed by atoms with E-state index in [0.29, 0.717) is 5.69 Å². The number of aromatic nitrogens is 1. The van der Waals surface area contributed by atoms with Crippen LogP contribution in [0.25, 0.3) is 0 Å². The second-order valence-corrected chi connectivity index (χ2v) is 2.91. The fourth-order valence-corrected chi connectivity index (χ4v) is 0.854. The molecule has 0 fully saturated rings. The Bertz CT molecular complexity index is 273. The maximum atomic E-state index is 13.0. The zero-order valence-electron chi connectivity index (χ0n) is 7.47. The van der Waals surface area contributed by atoms with Crippen molar-refractivity contribution < 1.29 is 9.13 Å². The summed E-state index contributed by atoms with van der Waals surface area (Å²) in [6, 6.07) is 3.32. The molecule has 0 atom stereocenters. The molecular formula is C9H12FNO. The van der Waals surface area contributed by atoms with Gasteiger partial charge < -0.3 is 4.74 Å². The first-order valence-electron chi connectivity index (χ1n) is 3.89. The van der Waals surface area contributed by atoms with Gasteiger partial charge in [-0.2, -0.15) is 4.39 Å². The summed E-state index contributed by atoms with van der Waals surface area (Å²) in [5, 5.41) is 0. The van der Waals surface area contributed by atoms with E-state index in [-0.39, 0.29) is 11.9 Å². The minimum absolute atomic E-state index is 0.0241. The van der Waals surface area contributed by atoms with Gasteiger partial charge in [0.2, 0.25) is 0 Å². The minimum Gasteiger partial charge on any atom is -0.486 e. The van der Waals surface area contributed by atoms with Crippen molar-refractivity contribution in [2.45, 2.75) is 26.9 Å². The Labute approximate surface area is 71.4 Å². The Morgan fingerprint density at radius 2 is 2.08 bits per heavy atom. The molecule has 0 N–H and O–H groups in total. The van der Waals surface area contributed by atoms with Gasteiger partial charge in [-0.1, -0.05) is 0 Å². The first-order chi connectivity index (χ1) is 5.59. The molecule has 1 aromatic rings. The summed E-state index contributed by atoms with van der Waals surface area (Å²) in [6.45, 7) is 5.43. The Morgan fingerprint density at radius 3 is 2.58 bits per heavy atom. The summed E-state index contributed by atoms with van der Waals surface area (Å²) >= 11 is 0. The van der Waals surface area contributed by atoms with Gasteiger partial charge in [-0.05, 0) is 32.9 Å². The largest absolute Gasteiger partial charge is 0.486 e. The number of aryl methyl sites for hydroxylation is 1. The van der Waals surface area contributed by atoms with Crippen molar-refractivity contribution in [2.24, 2.45) is 0 Å². The van der Waals surface area contributed by atoms with Crippen molar-refractivity contribution in [1.82, 2.24) is 4.98 Å². The minimum atomic E-state index is -0.538. The van der Waals surface area contributed by atoms with Crippen LogP contribution in [-0.4, -0.2) is 11.1 Å². The van der Waals surface area contributed by atoms with Crippen LogP contribution in [0.15, 0.2) is 12.1 Å². The number of hydrogen-bond acceptors (Lipinski definition) is 2. The summed E-state index contributed by atoms with van der Waals surface area (Å²) in [4.78, 5) is 3.63. The lowest BCUT2D eigenvalue weighted by Gasteiger charge is -2.09. The molecule has 2 nitrogen and oxygen atoms in total. The predicted octanol–water partition coefficient (Wildman–Crippen LogP) is 2.32. The van der Waals surface area contributed by atoms with Crippen molar-refractivity contribution >= 4 is 0 Å². The molecule has 0 aliphatic heterocycles. The van der Waals surface area contributed by atoms with Crippen molar-refractivity contribution in [1.29, 1.82) is 0 Å². The smallest absolute Gasteiger partial charge is 0.255 e. The number of nitrogens with zero attached hydrogens (tertiary/aromatic N) is 1. The summed E-state index contributed by atoms with van der Waals surface area (Å²) in [5.41, 5.74) is 0.656. The van der Waals surface area contributed by atoms with Crippen LogP contribution in [0.5, 0.6) is 5.75 Å². The summed E-state index contributed by atoms with van der Waals surface area (Å²) in [7, 11) is 0. The highest BCUT2D eigenvalue weighted by atomic mass is 19.1. The number of pyridine rings is 1. The number of hydrogen-bond donors (Lipinski definition) is 0. The topological polar surface area (TPSA) is 22.1 Å². The third-order valence-electron chi connectivity index (χ3n) is 1.32. The normalized spacial score (nSPS) is 10.4. The Balaban J connectivity index is 2.86. The first kappa shape index (κ1) is 8.97. The number of rotatable bonds is 2. The van der Waals surface area contributed by atoms with Crippen molar-refractivity contribution in [3.63, 3.8) is 0 Å². The molecule has 1 heterocycles. The van der Waals surface area contributed by atoms with Crippen molar-refractivity contribution in [3.8, 4) is 5.75 Å². The quantitative estimate of drug-likeness (QED) is 0.634. The number of halogens is 1. The average molecular weight is 169 g/mol. The molecule has 0 aromatic carbocycles. The fourth-order valence-electron chi connectivity index (χ4n) is 0.854. The third kappa shape index (κ3) is 2.19. The highest BCUT2D eigenvalue weighted by molar-refractivity contribution is 5.21. The van der Waals surface area contributed by atoms with Gasteiger partial charge in [0, 0.05) is 5.69 Å². The van der Waals surface area contributed by atoms with E-state index in [1.807, 2.05) is 13.8 Å². The molecule has 0 aliphatic rings. The zero-order chi connectivity index (χ0) is 9.14. The van der Waals surface area contributed by atoms with Crippen LogP contribution in [0.1, 0.15) is 19.5 Å². The third-order valence-corrected chi connectivity index (χ3v) is 1.32. The van der Waals surface area contributed by atoms with Crippen LogP contribution in [-0.2, 0) is 0 Å². The summed E-state index contributed by atoms with van der Waals surface area (Å²) in [5.74, 6) is -0.320. The number of ether oxygens (including phenoxy) is 1. The molecule has 3 heteroatoms. The maximum Gasteiger partial charge on any atom is 0.255 e. The van der Waals surface area contributed by atoms with Crippen LogP contribution in [0.3, 0.4) is 0 Å². The van der Waals surface area contributed by atoms with E-state index in [4.69, 9.17) is 4.74 Å². The molecule has 1 rings (SSSR count). The predicted molar refractivity (Wildman–Crippen MR) is 44.7 cm³/mol. The molecule has 0 saturated heterocycles. The first-order valence-corrected chi connectivity index (χ1v) is 3.89. The van der Waals surface area contributed by atoms with E-state index >= 15 is 0 Å². The van der Waals surface area contributed by atoms with Crippen molar-refractivity contribution in [3.05, 3.63) is 23.8 Å². The van der Waals surface area contributed by atoms with Crippen LogP contribution in [0.2, 0.25) is 0 Å². The van der Waals surface area contributed by atoms with Gasteiger partial charge in [0.1, 0.15) is 0 Å². The van der Waals surface area contributed by atoms with E-state index in [1.54, 1.807) is 19.1 Å². The van der Waals surface area contributed by atoms with Gasteiger partial charge >= 0.3 is 0 Å². The lowest BCUT2D eigenvalue weighted by molar-refractivity contribution is 0.228. The molecule has 0 aliphatic carbocycles. The van der Waals surface area contributed by atoms with Gasteiger partial charge in [0.05, 0.1) is 6.10 Å². The van der Waals surface area contributed by atoms with Gasteiger partial charge in [0.15, 0.2) is 5.75 Å². The van der Waals surface area contributed by atoms with Crippen LogP contribution in [0, 0.1) is 12.9 Å². The van der Waals surface area contributed by atoms with E-state index in [1.165, 1.54) is 0 Å². The van der Waals surface area contributed by atoms with Crippen LogP contribution < -0.4 is 4.74 Å². The van der Waals surface area contributed by atoms with E-state index in [0.717, 1.165) is 0 Å². The zero-order valence-corrected chi connectivity index (χ0v) is 7.47. The standard InChI is InChI=1S/C9H12FNO/c1-6(2)12-8-5-4-7(3)11-9(8)10/h4-6H,1-3H3. The SMILES string of the molecule is Cc1ccc(OC(C)C)c(F)n1. The second kappa shape index (κ2) is 3.52. The molecule has 0 amide bonds. The molecule has 0 bridgehead atoms. The molecular weight excluding hydrogens is 157 g/mol. The summed E-state index contributed by atoms with van der Waals surface area (Å²) in [6.07, 6.45) is -0.0241. The maximum absolute atomic E-state index is 13.0. The van der Waals surface area contributed by atoms with Gasteiger partial charge in [0.25, 0.3) is 5.95 Å². The van der Waals surface area contributed by atoms with Crippen LogP contribution in [0.4, 0.5) is 4.39 Å². The highest BCUT2D eigenvalue weighted by Crippen LogP contribution is 2.15. The van der Waals surface area contributed by atoms with Crippen molar-refractivity contribution in [2.75, 3.05) is 0 Å². The molecule has 0 spiro atoms. The molecule has 12 heavy (non-hydrogen) atoms. The van der Waals surface area contributed by atoms with E-state index in [2.05, 4.69) is 4.98 Å². The lowest BCUT2D eigenvalue weighted by atomic mass is 10.3. The Kier molecular flexibility index (Phi) is 2.63. The van der Waals surface area contributed by atoms with E-state index in [9.17, 15) is 4.39 Å². The molecule has 0 radical (unpaired) electrons. The van der Waals surface area contributed by atoms with Gasteiger partial charge in [-0.15, -0.1) is 0 Å². The fraction of sp³-hybridized carbons (Fsp3) is 0.444.